The number of nitrogens with zero attached hydrogens (tertiary/aromatic N) is 2. The Balaban J connectivity index is 2.13. The van der Waals surface area contributed by atoms with Crippen LogP contribution in [0.25, 0.3) is 0 Å². The van der Waals surface area contributed by atoms with E-state index in [1.807, 2.05) is 20.8 Å². The van der Waals surface area contributed by atoms with Gasteiger partial charge in [0.15, 0.2) is 0 Å². The van der Waals surface area contributed by atoms with Gasteiger partial charge >= 0.3 is 0 Å². The monoisotopic (exact) mass is 651 g/mol. The van der Waals surface area contributed by atoms with Crippen LogP contribution in [0.5, 0.6) is 0 Å². The van der Waals surface area contributed by atoms with Crippen LogP contribution in [-0.2, 0) is 26.2 Å². The summed E-state index contributed by atoms with van der Waals surface area (Å²) in [5.74, 6) is -0.943. The highest BCUT2D eigenvalue weighted by Crippen LogP contribution is 2.31. The molecule has 1 N–H and O–H groups in total. The van der Waals surface area contributed by atoms with Crippen LogP contribution in [0.15, 0.2) is 65.6 Å². The smallest absolute Gasteiger partial charge is 0.264 e. The molecule has 3 aromatic carbocycles. The average molecular weight is 653 g/mol. The highest BCUT2D eigenvalue weighted by molar-refractivity contribution is 7.92. The largest absolute Gasteiger partial charge is 0.352 e. The summed E-state index contributed by atoms with van der Waals surface area (Å²) in [7, 11) is -4.21. The van der Waals surface area contributed by atoms with Crippen molar-refractivity contribution in [2.45, 2.75) is 71.0 Å². The normalized spacial score (nSPS) is 12.9. The van der Waals surface area contributed by atoms with Crippen molar-refractivity contribution in [2.24, 2.45) is 0 Å². The molecule has 42 heavy (non-hydrogen) atoms. The molecule has 3 rings (SSSR count). The lowest BCUT2D eigenvalue weighted by molar-refractivity contribution is -0.140. The summed E-state index contributed by atoms with van der Waals surface area (Å²) in [5.41, 5.74) is 2.20. The molecule has 0 fully saturated rings. The Hall–Kier alpha value is -2.78. The fourth-order valence-electron chi connectivity index (χ4n) is 4.46. The predicted octanol–water partition coefficient (Wildman–Crippen LogP) is 7.18. The maximum atomic E-state index is 14.3. The quantitative estimate of drug-likeness (QED) is 0.225. The molecule has 0 aliphatic carbocycles. The molecule has 0 heterocycles. The summed E-state index contributed by atoms with van der Waals surface area (Å²) < 4.78 is 29.2. The third-order valence-corrected chi connectivity index (χ3v) is 9.81. The third-order valence-electron chi connectivity index (χ3n) is 7.09. The van der Waals surface area contributed by atoms with Crippen LogP contribution in [0.4, 0.5) is 5.69 Å². The zero-order valence-electron chi connectivity index (χ0n) is 24.3. The van der Waals surface area contributed by atoms with Gasteiger partial charge in [0.1, 0.15) is 12.6 Å². The van der Waals surface area contributed by atoms with E-state index in [1.54, 1.807) is 62.4 Å². The number of amides is 2. The van der Waals surface area contributed by atoms with E-state index in [9.17, 15) is 18.0 Å². The molecule has 0 aliphatic rings. The van der Waals surface area contributed by atoms with Gasteiger partial charge in [-0.25, -0.2) is 8.42 Å². The van der Waals surface area contributed by atoms with Crippen molar-refractivity contribution in [1.82, 2.24) is 10.2 Å². The Morgan fingerprint density at radius 2 is 1.52 bits per heavy atom. The van der Waals surface area contributed by atoms with E-state index in [0.29, 0.717) is 38.3 Å². The Labute approximate surface area is 263 Å². The number of hydrogen-bond donors (Lipinski definition) is 1. The van der Waals surface area contributed by atoms with E-state index >= 15 is 0 Å². The second-order valence-corrected chi connectivity index (χ2v) is 13.3. The topological polar surface area (TPSA) is 86.8 Å². The molecule has 0 radical (unpaired) electrons. The molecule has 11 heteroatoms. The number of anilines is 1. The fourth-order valence-corrected chi connectivity index (χ4v) is 6.69. The molecule has 3 aromatic rings. The van der Waals surface area contributed by atoms with Gasteiger partial charge in [0, 0.05) is 33.2 Å². The summed E-state index contributed by atoms with van der Waals surface area (Å²) in [4.78, 5) is 29.1. The number of rotatable bonds is 12. The summed E-state index contributed by atoms with van der Waals surface area (Å²) in [6, 6.07) is 15.1. The minimum absolute atomic E-state index is 0.0255. The first-order valence-corrected chi connectivity index (χ1v) is 16.3. The van der Waals surface area contributed by atoms with Gasteiger partial charge in [-0.2, -0.15) is 0 Å². The summed E-state index contributed by atoms with van der Waals surface area (Å²) in [5, 5.41) is 4.03. The fraction of sp³-hybridized carbons (Fsp3) is 0.355. The van der Waals surface area contributed by atoms with Gasteiger partial charge in [-0.05, 0) is 81.6 Å². The molecule has 0 aliphatic heterocycles. The van der Waals surface area contributed by atoms with Gasteiger partial charge in [-0.1, -0.05) is 72.4 Å². The van der Waals surface area contributed by atoms with Crippen molar-refractivity contribution in [3.63, 3.8) is 0 Å². The van der Waals surface area contributed by atoms with Crippen LogP contribution in [0.1, 0.15) is 50.3 Å². The number of sulfonamides is 1. The minimum Gasteiger partial charge on any atom is -0.352 e. The van der Waals surface area contributed by atoms with Crippen molar-refractivity contribution in [3.8, 4) is 0 Å². The third kappa shape index (κ3) is 7.98. The van der Waals surface area contributed by atoms with Crippen molar-refractivity contribution in [1.29, 1.82) is 0 Å². The molecule has 2 atom stereocenters. The lowest BCUT2D eigenvalue weighted by atomic mass is 10.1. The Morgan fingerprint density at radius 1 is 0.905 bits per heavy atom. The molecule has 7 nitrogen and oxygen atoms in total. The summed E-state index contributed by atoms with van der Waals surface area (Å²) in [6.07, 6.45) is 0.978. The molecule has 0 saturated carbocycles. The molecule has 0 spiro atoms. The molecule has 0 bridgehead atoms. The van der Waals surface area contributed by atoms with Crippen molar-refractivity contribution >= 4 is 62.3 Å². The van der Waals surface area contributed by atoms with Gasteiger partial charge in [0.05, 0.1) is 10.6 Å². The maximum Gasteiger partial charge on any atom is 0.264 e. The second-order valence-electron chi connectivity index (χ2n) is 10.2. The Morgan fingerprint density at radius 3 is 2.07 bits per heavy atom. The lowest BCUT2D eigenvalue weighted by Crippen LogP contribution is -2.53. The van der Waals surface area contributed by atoms with Gasteiger partial charge < -0.3 is 10.2 Å². The van der Waals surface area contributed by atoms with Gasteiger partial charge in [-0.3, -0.25) is 13.9 Å². The highest BCUT2D eigenvalue weighted by Gasteiger charge is 2.35. The number of halogens is 3. The minimum atomic E-state index is -4.21. The first-order valence-electron chi connectivity index (χ1n) is 13.7. The van der Waals surface area contributed by atoms with Crippen molar-refractivity contribution in [3.05, 3.63) is 92.4 Å². The van der Waals surface area contributed by atoms with Gasteiger partial charge in [0.2, 0.25) is 11.8 Å². The number of carbonyl (C=O) groups is 2. The average Bonchev–Trinajstić information content (AvgIpc) is 2.93. The molecular formula is C31H36Cl3N3O4S. The van der Waals surface area contributed by atoms with E-state index in [-0.39, 0.29) is 29.8 Å². The second kappa shape index (κ2) is 14.6. The van der Waals surface area contributed by atoms with E-state index in [2.05, 4.69) is 5.32 Å². The lowest BCUT2D eigenvalue weighted by Gasteiger charge is -2.34. The number of aryl methyl sites for hydroxylation is 2. The SMILES string of the molecule is CC[C@@H](C)NC(=O)[C@H](CC)N(Cc1c(Cl)cccc1Cl)C(=O)CN(c1ccc(Cl)cc1C)S(=O)(=O)c1ccc(C)cc1. The van der Waals surface area contributed by atoms with Gasteiger partial charge in [-0.15, -0.1) is 0 Å². The zero-order chi connectivity index (χ0) is 31.2. The van der Waals surface area contributed by atoms with Crippen LogP contribution in [0.3, 0.4) is 0 Å². The molecule has 0 unspecified atom stereocenters. The first-order chi connectivity index (χ1) is 19.8. The van der Waals surface area contributed by atoms with E-state index in [1.165, 1.54) is 17.0 Å². The number of carbonyl (C=O) groups excluding carboxylic acids is 2. The summed E-state index contributed by atoms with van der Waals surface area (Å²) >= 11 is 19.1. The Kier molecular flexibility index (Phi) is 11.7. The zero-order valence-corrected chi connectivity index (χ0v) is 27.4. The molecule has 0 saturated heterocycles. The molecule has 0 aromatic heterocycles. The molecule has 2 amide bonds. The maximum absolute atomic E-state index is 14.3. The van der Waals surface area contributed by atoms with E-state index < -0.39 is 28.5 Å². The Bertz CT molecular complexity index is 1510. The first kappa shape index (κ1) is 33.7. The number of benzene rings is 3. The summed E-state index contributed by atoms with van der Waals surface area (Å²) in [6.45, 7) is 8.52. The van der Waals surface area contributed by atoms with Crippen molar-refractivity contribution in [2.75, 3.05) is 10.8 Å². The predicted molar refractivity (Wildman–Crippen MR) is 171 cm³/mol. The van der Waals surface area contributed by atoms with Crippen molar-refractivity contribution < 1.29 is 18.0 Å². The van der Waals surface area contributed by atoms with Crippen LogP contribution in [0.2, 0.25) is 15.1 Å². The molecular weight excluding hydrogens is 617 g/mol. The van der Waals surface area contributed by atoms with Crippen LogP contribution in [0, 0.1) is 13.8 Å². The van der Waals surface area contributed by atoms with E-state index in [4.69, 9.17) is 34.8 Å². The van der Waals surface area contributed by atoms with E-state index in [0.717, 1.165) is 9.87 Å². The highest BCUT2D eigenvalue weighted by atomic mass is 35.5. The molecule has 226 valence electrons. The van der Waals surface area contributed by atoms with Gasteiger partial charge in [0.25, 0.3) is 10.0 Å². The van der Waals surface area contributed by atoms with Crippen LogP contribution < -0.4 is 9.62 Å². The standard InChI is InChI=1S/C31H36Cl3N3O4S/c1-6-22(5)35-31(39)28(7-2)36(18-25-26(33)9-8-10-27(25)34)30(38)19-37(29-16-13-23(32)17-21(29)4)42(40,41)24-14-11-20(3)12-15-24/h8-17,22,28H,6-7,18-19H2,1-5H3,(H,35,39)/t22-,28+/m1/s1. The number of hydrogen-bond acceptors (Lipinski definition) is 4. The number of nitrogens with one attached hydrogen (secondary N) is 1. The van der Waals surface area contributed by atoms with Crippen LogP contribution >= 0.6 is 34.8 Å². The van der Waals surface area contributed by atoms with Crippen LogP contribution in [-0.4, -0.2) is 43.8 Å².